The van der Waals surface area contributed by atoms with Gasteiger partial charge in [-0.2, -0.15) is 0 Å². The number of hydrogen-bond donors (Lipinski definition) is 2. The fourth-order valence-electron chi connectivity index (χ4n) is 2.99. The smallest absolute Gasteiger partial charge is 0.0593 e. The van der Waals surface area contributed by atoms with Crippen LogP contribution in [0.2, 0.25) is 0 Å². The summed E-state index contributed by atoms with van der Waals surface area (Å²) in [5, 5.41) is 0. The Bertz CT molecular complexity index is 565. The van der Waals surface area contributed by atoms with Crippen LogP contribution in [0.5, 0.6) is 0 Å². The number of aryl methyl sites for hydroxylation is 3. The summed E-state index contributed by atoms with van der Waals surface area (Å²) >= 11 is 1.95. The van der Waals surface area contributed by atoms with E-state index in [-0.39, 0.29) is 6.04 Å². The molecule has 0 bridgehead atoms. The average molecular weight is 286 g/mol. The first kappa shape index (κ1) is 13.8. The molecule has 1 aromatic heterocycles. The van der Waals surface area contributed by atoms with Crippen LogP contribution in [0.4, 0.5) is 0 Å². The van der Waals surface area contributed by atoms with Gasteiger partial charge in [0.25, 0.3) is 0 Å². The predicted octanol–water partition coefficient (Wildman–Crippen LogP) is 3.68. The number of nitrogens with two attached hydrogens (primary N) is 1. The lowest BCUT2D eigenvalue weighted by molar-refractivity contribution is 0.559. The number of fused-ring (bicyclic) bond motifs is 1. The zero-order valence-electron chi connectivity index (χ0n) is 12.0. The van der Waals surface area contributed by atoms with E-state index >= 15 is 0 Å². The standard InChI is InChI=1S/C17H22N2S/c1-12-6-2-3-7-13(12)10-15(19-18)17-11-14-8-4-5-9-16(14)20-17/h2-3,6-7,11,15,19H,4-5,8-10,18H2,1H3. The molecule has 2 nitrogen and oxygen atoms in total. The van der Waals surface area contributed by atoms with Crippen molar-refractivity contribution in [3.63, 3.8) is 0 Å². The van der Waals surface area contributed by atoms with Gasteiger partial charge < -0.3 is 0 Å². The van der Waals surface area contributed by atoms with Crippen LogP contribution in [-0.4, -0.2) is 0 Å². The van der Waals surface area contributed by atoms with Gasteiger partial charge in [0.15, 0.2) is 0 Å². The van der Waals surface area contributed by atoms with Gasteiger partial charge in [0.05, 0.1) is 6.04 Å². The largest absolute Gasteiger partial charge is 0.271 e. The lowest BCUT2D eigenvalue weighted by Gasteiger charge is -2.15. The predicted molar refractivity (Wildman–Crippen MR) is 85.9 cm³/mol. The van der Waals surface area contributed by atoms with Crippen LogP contribution in [0.15, 0.2) is 30.3 Å². The quantitative estimate of drug-likeness (QED) is 0.664. The Morgan fingerprint density at radius 1 is 1.25 bits per heavy atom. The molecule has 0 amide bonds. The van der Waals surface area contributed by atoms with Gasteiger partial charge in [0.2, 0.25) is 0 Å². The summed E-state index contributed by atoms with van der Waals surface area (Å²) in [6.45, 7) is 2.17. The Hall–Kier alpha value is -1.16. The van der Waals surface area contributed by atoms with Crippen molar-refractivity contribution in [3.8, 4) is 0 Å². The van der Waals surface area contributed by atoms with Crippen LogP contribution >= 0.6 is 11.3 Å². The maximum Gasteiger partial charge on any atom is 0.0593 e. The van der Waals surface area contributed by atoms with Crippen molar-refractivity contribution in [1.29, 1.82) is 0 Å². The molecule has 1 heterocycles. The lowest BCUT2D eigenvalue weighted by atomic mass is 9.97. The normalized spacial score (nSPS) is 15.9. The highest BCUT2D eigenvalue weighted by atomic mass is 32.1. The molecule has 0 fully saturated rings. The Kier molecular flexibility index (Phi) is 4.20. The molecule has 0 spiro atoms. The van der Waals surface area contributed by atoms with Crippen LogP contribution < -0.4 is 11.3 Å². The molecule has 1 aliphatic rings. The summed E-state index contributed by atoms with van der Waals surface area (Å²) in [4.78, 5) is 2.97. The van der Waals surface area contributed by atoms with E-state index in [0.29, 0.717) is 0 Å². The highest BCUT2D eigenvalue weighted by molar-refractivity contribution is 7.12. The third-order valence-corrected chi connectivity index (χ3v) is 5.60. The maximum atomic E-state index is 5.82. The molecule has 0 saturated carbocycles. The van der Waals surface area contributed by atoms with Crippen molar-refractivity contribution in [2.45, 2.75) is 45.1 Å². The van der Waals surface area contributed by atoms with Crippen molar-refractivity contribution in [3.05, 3.63) is 56.8 Å². The monoisotopic (exact) mass is 286 g/mol. The first-order valence-corrected chi connectivity index (χ1v) is 8.21. The maximum absolute atomic E-state index is 5.82. The number of thiophene rings is 1. The average Bonchev–Trinajstić information content (AvgIpc) is 2.90. The minimum absolute atomic E-state index is 0.228. The second-order valence-electron chi connectivity index (χ2n) is 5.65. The molecule has 0 saturated heterocycles. The van der Waals surface area contributed by atoms with Gasteiger partial charge in [-0.15, -0.1) is 11.3 Å². The highest BCUT2D eigenvalue weighted by Gasteiger charge is 2.19. The molecule has 1 aliphatic carbocycles. The van der Waals surface area contributed by atoms with E-state index in [1.165, 1.54) is 41.7 Å². The minimum Gasteiger partial charge on any atom is -0.271 e. The number of rotatable bonds is 4. The van der Waals surface area contributed by atoms with E-state index in [0.717, 1.165) is 6.42 Å². The molecule has 3 heteroatoms. The lowest BCUT2D eigenvalue weighted by Crippen LogP contribution is -2.29. The van der Waals surface area contributed by atoms with Gasteiger partial charge in [-0.05, 0) is 61.8 Å². The van der Waals surface area contributed by atoms with Crippen LogP contribution in [0.1, 0.15) is 45.3 Å². The zero-order valence-corrected chi connectivity index (χ0v) is 12.8. The zero-order chi connectivity index (χ0) is 13.9. The number of nitrogens with one attached hydrogen (secondary N) is 1. The third kappa shape index (κ3) is 2.80. The van der Waals surface area contributed by atoms with Crippen molar-refractivity contribution >= 4 is 11.3 Å². The van der Waals surface area contributed by atoms with Crippen LogP contribution in [0, 0.1) is 6.92 Å². The van der Waals surface area contributed by atoms with Crippen molar-refractivity contribution in [2.75, 3.05) is 0 Å². The molecule has 1 atom stereocenters. The van der Waals surface area contributed by atoms with Crippen molar-refractivity contribution < 1.29 is 0 Å². The fourth-order valence-corrected chi connectivity index (χ4v) is 4.30. The SMILES string of the molecule is Cc1ccccc1CC(NN)c1cc2c(s1)CCCC2. The Balaban J connectivity index is 1.83. The molecular weight excluding hydrogens is 264 g/mol. The van der Waals surface area contributed by atoms with E-state index in [4.69, 9.17) is 5.84 Å². The molecule has 106 valence electrons. The second-order valence-corrected chi connectivity index (χ2v) is 6.82. The number of benzene rings is 1. The summed E-state index contributed by atoms with van der Waals surface area (Å²) in [7, 11) is 0. The van der Waals surface area contributed by atoms with Crippen molar-refractivity contribution in [1.82, 2.24) is 5.43 Å². The Morgan fingerprint density at radius 2 is 2.05 bits per heavy atom. The van der Waals surface area contributed by atoms with Crippen LogP contribution in [-0.2, 0) is 19.3 Å². The Labute approximate surface area is 125 Å². The summed E-state index contributed by atoms with van der Waals surface area (Å²) < 4.78 is 0. The van der Waals surface area contributed by atoms with E-state index in [1.807, 2.05) is 11.3 Å². The molecule has 2 aromatic rings. The van der Waals surface area contributed by atoms with Gasteiger partial charge in [-0.25, -0.2) is 0 Å². The molecule has 0 radical (unpaired) electrons. The van der Waals surface area contributed by atoms with Gasteiger partial charge >= 0.3 is 0 Å². The molecule has 3 rings (SSSR count). The summed E-state index contributed by atoms with van der Waals surface area (Å²) in [5.74, 6) is 5.82. The minimum atomic E-state index is 0.228. The molecule has 0 aliphatic heterocycles. The fraction of sp³-hybridized carbons (Fsp3) is 0.412. The van der Waals surface area contributed by atoms with Gasteiger partial charge in [-0.3, -0.25) is 11.3 Å². The van der Waals surface area contributed by atoms with Gasteiger partial charge in [-0.1, -0.05) is 24.3 Å². The van der Waals surface area contributed by atoms with Crippen LogP contribution in [0.3, 0.4) is 0 Å². The summed E-state index contributed by atoms with van der Waals surface area (Å²) in [6.07, 6.45) is 6.13. The Morgan fingerprint density at radius 3 is 2.80 bits per heavy atom. The highest BCUT2D eigenvalue weighted by Crippen LogP contribution is 2.34. The van der Waals surface area contributed by atoms with Gasteiger partial charge in [0, 0.05) is 9.75 Å². The molecule has 20 heavy (non-hydrogen) atoms. The molecule has 1 aromatic carbocycles. The van der Waals surface area contributed by atoms with E-state index in [2.05, 4.69) is 42.7 Å². The second kappa shape index (κ2) is 6.08. The summed E-state index contributed by atoms with van der Waals surface area (Å²) in [5.41, 5.74) is 7.29. The topological polar surface area (TPSA) is 38.0 Å². The van der Waals surface area contributed by atoms with Crippen molar-refractivity contribution in [2.24, 2.45) is 5.84 Å². The first-order chi connectivity index (χ1) is 9.78. The number of hydrazine groups is 1. The molecule has 1 unspecified atom stereocenters. The van der Waals surface area contributed by atoms with Crippen LogP contribution in [0.25, 0.3) is 0 Å². The van der Waals surface area contributed by atoms with E-state index < -0.39 is 0 Å². The van der Waals surface area contributed by atoms with Gasteiger partial charge in [0.1, 0.15) is 0 Å². The molecular formula is C17H22N2S. The molecule has 3 N–H and O–H groups in total. The van der Waals surface area contributed by atoms with E-state index in [1.54, 1.807) is 10.4 Å². The first-order valence-electron chi connectivity index (χ1n) is 7.40. The number of hydrogen-bond acceptors (Lipinski definition) is 3. The van der Waals surface area contributed by atoms with E-state index in [9.17, 15) is 0 Å². The third-order valence-electron chi connectivity index (χ3n) is 4.25. The summed E-state index contributed by atoms with van der Waals surface area (Å²) in [6, 6.07) is 11.2.